The zero-order valence-corrected chi connectivity index (χ0v) is 21.4. The number of esters is 1. The summed E-state index contributed by atoms with van der Waals surface area (Å²) >= 11 is 1.64. The quantitative estimate of drug-likeness (QED) is 0.230. The summed E-state index contributed by atoms with van der Waals surface area (Å²) in [7, 11) is 0.382. The highest BCUT2D eigenvalue weighted by molar-refractivity contribution is 7.99. The van der Waals surface area contributed by atoms with Crippen LogP contribution in [0.1, 0.15) is 48.5 Å². The van der Waals surface area contributed by atoms with Crippen LogP contribution in [0.5, 0.6) is 0 Å². The minimum Gasteiger partial charge on any atom is -0.458 e. The maximum atomic E-state index is 12.3. The van der Waals surface area contributed by atoms with Gasteiger partial charge in [0.25, 0.3) is 0 Å². The number of carbonyl (C=O) groups excluding carboxylic acids is 2. The summed E-state index contributed by atoms with van der Waals surface area (Å²) in [6.45, 7) is 20.7. The second-order valence-electron chi connectivity index (χ2n) is 9.77. The summed E-state index contributed by atoms with van der Waals surface area (Å²) in [4.78, 5) is 25.9. The van der Waals surface area contributed by atoms with Crippen LogP contribution in [-0.2, 0) is 18.8 Å². The van der Waals surface area contributed by atoms with E-state index in [1.54, 1.807) is 11.8 Å². The van der Waals surface area contributed by atoms with Crippen molar-refractivity contribution >= 4 is 32.0 Å². The normalized spacial score (nSPS) is 14.1. The van der Waals surface area contributed by atoms with Crippen molar-refractivity contribution in [3.63, 3.8) is 0 Å². The van der Waals surface area contributed by atoms with Gasteiger partial charge in [-0.25, -0.2) is 4.79 Å². The van der Waals surface area contributed by atoms with E-state index in [0.29, 0.717) is 5.75 Å². The Balaban J connectivity index is 4.27. The van der Waals surface area contributed by atoms with Crippen LogP contribution in [0.15, 0.2) is 0 Å². The predicted octanol–water partition coefficient (Wildman–Crippen LogP) is 3.52. The maximum Gasteiger partial charge on any atom is 0.330 e. The van der Waals surface area contributed by atoms with Gasteiger partial charge in [-0.3, -0.25) is 4.79 Å². The lowest BCUT2D eigenvalue weighted by molar-refractivity contribution is -0.157. The first-order valence-electron chi connectivity index (χ1n) is 9.95. The number of carbonyl (C=O) groups is 2. The van der Waals surface area contributed by atoms with E-state index in [-0.39, 0.29) is 16.9 Å². The van der Waals surface area contributed by atoms with Crippen molar-refractivity contribution in [2.45, 2.75) is 78.2 Å². The third-order valence-electron chi connectivity index (χ3n) is 4.71. The van der Waals surface area contributed by atoms with Crippen LogP contribution in [-0.4, -0.2) is 75.0 Å². The van der Waals surface area contributed by atoms with E-state index in [9.17, 15) is 9.59 Å². The summed E-state index contributed by atoms with van der Waals surface area (Å²) in [5.41, 5.74) is -0.567. The molecule has 0 rings (SSSR count). The highest BCUT2D eigenvalue weighted by atomic mass is 32.2. The summed E-state index contributed by atoms with van der Waals surface area (Å²) in [5, 5.41) is 2.92. The molecular formula is C20H42N2O4SSi. The number of amides is 1. The molecule has 0 aliphatic heterocycles. The monoisotopic (exact) mass is 438 g/mol. The molecule has 6 nitrogen and oxygen atoms in total. The molecule has 166 valence electrons. The zero-order valence-electron chi connectivity index (χ0n) is 19.6. The van der Waals surface area contributed by atoms with Crippen molar-refractivity contribution in [2.24, 2.45) is 0 Å². The molecule has 0 aromatic heterocycles. The van der Waals surface area contributed by atoms with Gasteiger partial charge in [0.05, 0.1) is 0 Å². The van der Waals surface area contributed by atoms with Gasteiger partial charge in [-0.05, 0) is 46.0 Å². The van der Waals surface area contributed by atoms with E-state index in [2.05, 4.69) is 51.1 Å². The standard InChI is InChI=1S/C20H42N2O4SSi/c1-16(23)21-17(18(24)26-19(2,3)4)15-27-14-12-22(8)11-13-25-28(9,10)20(5,6)7/h17H,11-15H2,1-10H3,(H,21,23)/t17-/m0/s1/i11+1,12+1,13+1,14+1. The van der Waals surface area contributed by atoms with Crippen molar-refractivity contribution in [3.05, 3.63) is 0 Å². The molecule has 0 aliphatic rings. The Morgan fingerprint density at radius 2 is 1.68 bits per heavy atom. The van der Waals surface area contributed by atoms with Crippen molar-refractivity contribution in [1.29, 1.82) is 0 Å². The first-order valence-corrected chi connectivity index (χ1v) is 14.0. The molecular weight excluding hydrogens is 396 g/mol. The number of hydrogen-bond acceptors (Lipinski definition) is 6. The lowest BCUT2D eigenvalue weighted by Crippen LogP contribution is -2.45. The van der Waals surface area contributed by atoms with Gasteiger partial charge in [-0.2, -0.15) is 11.8 Å². The van der Waals surface area contributed by atoms with Crippen LogP contribution >= 0.6 is 11.8 Å². The molecule has 0 bridgehead atoms. The third-order valence-corrected chi connectivity index (χ3v) is 10.3. The van der Waals surface area contributed by atoms with Crippen molar-refractivity contribution in [3.8, 4) is 0 Å². The molecule has 28 heavy (non-hydrogen) atoms. The number of likely N-dealkylation sites (N-methyl/N-ethyl adjacent to an activating group) is 1. The Morgan fingerprint density at radius 3 is 2.14 bits per heavy atom. The van der Waals surface area contributed by atoms with Crippen LogP contribution in [0.4, 0.5) is 0 Å². The molecule has 0 heterocycles. The Labute approximate surface area is 177 Å². The highest BCUT2D eigenvalue weighted by Gasteiger charge is 2.36. The fourth-order valence-corrected chi connectivity index (χ4v) is 4.09. The summed E-state index contributed by atoms with van der Waals surface area (Å²) in [5.74, 6) is 0.765. The van der Waals surface area contributed by atoms with Gasteiger partial charge in [0.1, 0.15) is 11.6 Å². The fraction of sp³-hybridized carbons (Fsp3) is 0.900. The smallest absolute Gasteiger partial charge is 0.330 e. The minimum absolute atomic E-state index is 0.224. The molecule has 0 aromatic carbocycles. The molecule has 1 amide bonds. The second kappa shape index (κ2) is 11.6. The number of hydrogen-bond donors (Lipinski definition) is 1. The Bertz CT molecular complexity index is 501. The van der Waals surface area contributed by atoms with Gasteiger partial charge in [-0.1, -0.05) is 20.8 Å². The van der Waals surface area contributed by atoms with E-state index >= 15 is 0 Å². The van der Waals surface area contributed by atoms with Gasteiger partial charge >= 0.3 is 5.97 Å². The van der Waals surface area contributed by atoms with E-state index in [1.165, 1.54) is 6.92 Å². The van der Waals surface area contributed by atoms with Crippen molar-refractivity contribution < 1.29 is 18.8 Å². The van der Waals surface area contributed by atoms with E-state index in [1.807, 2.05) is 20.8 Å². The van der Waals surface area contributed by atoms with Crippen molar-refractivity contribution in [2.75, 3.05) is 38.2 Å². The van der Waals surface area contributed by atoms with Crippen LogP contribution < -0.4 is 5.32 Å². The summed E-state index contributed by atoms with van der Waals surface area (Å²) in [6, 6.07) is -0.617. The van der Waals surface area contributed by atoms with Gasteiger partial charge < -0.3 is 19.4 Å². The van der Waals surface area contributed by atoms with E-state index < -0.39 is 20.0 Å². The minimum atomic E-state index is -1.70. The summed E-state index contributed by atoms with van der Waals surface area (Å²) in [6.07, 6.45) is 0. The molecule has 1 N–H and O–H groups in total. The zero-order chi connectivity index (χ0) is 22.2. The van der Waals surface area contributed by atoms with Crippen LogP contribution in [0.2, 0.25) is 18.1 Å². The number of ether oxygens (including phenoxy) is 1. The lowest BCUT2D eigenvalue weighted by atomic mass is 10.2. The largest absolute Gasteiger partial charge is 0.458 e. The molecule has 0 saturated heterocycles. The number of thioether (sulfide) groups is 1. The Morgan fingerprint density at radius 1 is 1.11 bits per heavy atom. The molecule has 0 spiro atoms. The van der Waals surface area contributed by atoms with E-state index in [0.717, 1.165) is 25.4 Å². The molecule has 0 aromatic rings. The molecule has 0 saturated carbocycles. The average Bonchev–Trinajstić information content (AvgIpc) is 2.46. The fourth-order valence-electron chi connectivity index (χ4n) is 1.99. The van der Waals surface area contributed by atoms with E-state index in [4.69, 9.17) is 9.16 Å². The van der Waals surface area contributed by atoms with Crippen LogP contribution in [0.3, 0.4) is 0 Å². The molecule has 1 atom stereocenters. The first-order chi connectivity index (χ1) is 12.5. The Kier molecular flexibility index (Phi) is 11.3. The highest BCUT2D eigenvalue weighted by Crippen LogP contribution is 2.36. The SMILES string of the molecule is CC(=O)N[C@@H](CS[13CH2][13CH2]N(C)[13CH2][13CH2]O[Si](C)(C)C(C)(C)C)C(=O)OC(C)(C)C. The molecule has 0 fully saturated rings. The molecule has 8 heteroatoms. The molecule has 0 radical (unpaired) electrons. The van der Waals surface area contributed by atoms with Gasteiger partial charge in [0.15, 0.2) is 8.32 Å². The molecule has 0 unspecified atom stereocenters. The first kappa shape index (κ1) is 27.4. The average molecular weight is 439 g/mol. The van der Waals surface area contributed by atoms with Gasteiger partial charge in [0.2, 0.25) is 5.91 Å². The number of nitrogens with one attached hydrogen (secondary N) is 1. The predicted molar refractivity (Wildman–Crippen MR) is 121 cm³/mol. The van der Waals surface area contributed by atoms with Gasteiger partial charge in [-0.15, -0.1) is 0 Å². The van der Waals surface area contributed by atoms with Gasteiger partial charge in [0, 0.05) is 38.1 Å². The topological polar surface area (TPSA) is 67.9 Å². The number of rotatable bonds is 11. The Hall–Kier alpha value is -0.573. The lowest BCUT2D eigenvalue weighted by Gasteiger charge is -2.36. The second-order valence-corrected chi connectivity index (χ2v) is 15.7. The van der Waals surface area contributed by atoms with Crippen molar-refractivity contribution in [1.82, 2.24) is 10.2 Å². The summed E-state index contributed by atoms with van der Waals surface area (Å²) < 4.78 is 11.6. The van der Waals surface area contributed by atoms with Crippen LogP contribution in [0, 0.1) is 0 Å². The maximum absolute atomic E-state index is 12.3. The molecule has 0 aliphatic carbocycles. The number of nitrogens with zero attached hydrogens (tertiary/aromatic N) is 1. The van der Waals surface area contributed by atoms with Crippen LogP contribution in [0.25, 0.3) is 0 Å². The third kappa shape index (κ3) is 12.1.